The van der Waals surface area contributed by atoms with Crippen LogP contribution in [0.2, 0.25) is 0 Å². The van der Waals surface area contributed by atoms with Gasteiger partial charge in [-0.3, -0.25) is 14.4 Å². The quantitative estimate of drug-likeness (QED) is 0.222. The summed E-state index contributed by atoms with van der Waals surface area (Å²) < 4.78 is 0. The molecule has 0 radical (unpaired) electrons. The van der Waals surface area contributed by atoms with Crippen LogP contribution >= 0.6 is 0 Å². The molecule has 150 valence electrons. The molecule has 0 aliphatic rings. The molecule has 0 aromatic carbocycles. The topological polar surface area (TPSA) is 185 Å². The molecule has 26 heavy (non-hydrogen) atoms. The van der Waals surface area contributed by atoms with Gasteiger partial charge in [-0.1, -0.05) is 13.8 Å². The second kappa shape index (κ2) is 12.2. The molecule has 0 bridgehead atoms. The van der Waals surface area contributed by atoms with Crippen LogP contribution < -0.4 is 22.1 Å². The van der Waals surface area contributed by atoms with E-state index in [0.717, 1.165) is 0 Å². The molecule has 8 N–H and O–H groups in total. The van der Waals surface area contributed by atoms with E-state index in [0.29, 0.717) is 25.8 Å². The number of rotatable bonds is 13. The highest BCUT2D eigenvalue weighted by Crippen LogP contribution is 2.05. The third-order valence-corrected chi connectivity index (χ3v) is 3.64. The molecular formula is C16H30N4O6. The van der Waals surface area contributed by atoms with Crippen molar-refractivity contribution in [3.05, 3.63) is 0 Å². The number of aliphatic carboxylic acids is 2. The molecule has 0 fully saturated rings. The van der Waals surface area contributed by atoms with Crippen LogP contribution in [0.1, 0.15) is 46.0 Å². The van der Waals surface area contributed by atoms with Crippen LogP contribution in [0.5, 0.6) is 0 Å². The molecule has 0 aliphatic carbocycles. The Bertz CT molecular complexity index is 497. The average molecular weight is 374 g/mol. The van der Waals surface area contributed by atoms with Crippen molar-refractivity contribution < 1.29 is 29.4 Å². The standard InChI is InChI=1S/C16H30N4O6/c1-9(2)7-10(18)14(23)20-12(8-13(21)22)15(24)19-11(16(25)26)5-3-4-6-17/h9-12H,3-8,17-18H2,1-2H3,(H,19,24)(H,20,23)(H,21,22)(H,25,26)/t10-,11-,12-/m0/s1. The highest BCUT2D eigenvalue weighted by molar-refractivity contribution is 5.93. The number of carbonyl (C=O) groups is 4. The van der Waals surface area contributed by atoms with Gasteiger partial charge in [0.05, 0.1) is 12.5 Å². The molecule has 0 saturated heterocycles. The third kappa shape index (κ3) is 9.94. The summed E-state index contributed by atoms with van der Waals surface area (Å²) in [5.74, 6) is -3.95. The van der Waals surface area contributed by atoms with Crippen LogP contribution in [0.25, 0.3) is 0 Å². The summed E-state index contributed by atoms with van der Waals surface area (Å²) in [6.07, 6.45) is 0.923. The van der Waals surface area contributed by atoms with E-state index in [2.05, 4.69) is 10.6 Å². The summed E-state index contributed by atoms with van der Waals surface area (Å²) in [5.41, 5.74) is 11.1. The van der Waals surface area contributed by atoms with E-state index in [1.54, 1.807) is 0 Å². The Hall–Kier alpha value is -2.20. The monoisotopic (exact) mass is 374 g/mol. The van der Waals surface area contributed by atoms with Gasteiger partial charge in [-0.25, -0.2) is 4.79 Å². The van der Waals surface area contributed by atoms with E-state index in [4.69, 9.17) is 16.6 Å². The fourth-order valence-electron chi connectivity index (χ4n) is 2.30. The van der Waals surface area contributed by atoms with Crippen molar-refractivity contribution in [3.8, 4) is 0 Å². The van der Waals surface area contributed by atoms with Gasteiger partial charge in [-0.2, -0.15) is 0 Å². The summed E-state index contributed by atoms with van der Waals surface area (Å²) in [7, 11) is 0. The molecule has 10 nitrogen and oxygen atoms in total. The zero-order valence-electron chi connectivity index (χ0n) is 15.2. The number of nitrogens with one attached hydrogen (secondary N) is 2. The highest BCUT2D eigenvalue weighted by Gasteiger charge is 2.29. The van der Waals surface area contributed by atoms with Crippen molar-refractivity contribution in [2.75, 3.05) is 6.54 Å². The molecule has 0 unspecified atom stereocenters. The third-order valence-electron chi connectivity index (χ3n) is 3.64. The van der Waals surface area contributed by atoms with Crippen molar-refractivity contribution in [3.63, 3.8) is 0 Å². The fourth-order valence-corrected chi connectivity index (χ4v) is 2.30. The summed E-state index contributed by atoms with van der Waals surface area (Å²) >= 11 is 0. The van der Waals surface area contributed by atoms with Crippen LogP contribution in [-0.4, -0.2) is 58.6 Å². The molecular weight excluding hydrogens is 344 g/mol. The van der Waals surface area contributed by atoms with Gasteiger partial charge in [-0.15, -0.1) is 0 Å². The lowest BCUT2D eigenvalue weighted by Crippen LogP contribution is -2.55. The highest BCUT2D eigenvalue weighted by atomic mass is 16.4. The Kier molecular flexibility index (Phi) is 11.2. The number of nitrogens with two attached hydrogens (primary N) is 2. The van der Waals surface area contributed by atoms with Gasteiger partial charge < -0.3 is 32.3 Å². The molecule has 0 heterocycles. The van der Waals surface area contributed by atoms with Gasteiger partial charge in [0.2, 0.25) is 11.8 Å². The van der Waals surface area contributed by atoms with Gasteiger partial charge in [-0.05, 0) is 38.1 Å². The second-order valence-corrected chi connectivity index (χ2v) is 6.58. The molecule has 10 heteroatoms. The van der Waals surface area contributed by atoms with E-state index < -0.39 is 48.3 Å². The largest absolute Gasteiger partial charge is 0.481 e. The number of carboxylic acids is 2. The van der Waals surface area contributed by atoms with Gasteiger partial charge in [0.25, 0.3) is 0 Å². The smallest absolute Gasteiger partial charge is 0.326 e. The van der Waals surface area contributed by atoms with Crippen LogP contribution in [0.15, 0.2) is 0 Å². The number of hydrogen-bond donors (Lipinski definition) is 6. The van der Waals surface area contributed by atoms with E-state index in [-0.39, 0.29) is 12.3 Å². The van der Waals surface area contributed by atoms with Gasteiger partial charge in [0.15, 0.2) is 0 Å². The Morgan fingerprint density at radius 1 is 0.962 bits per heavy atom. The van der Waals surface area contributed by atoms with Crippen LogP contribution in [-0.2, 0) is 19.2 Å². The number of carbonyl (C=O) groups excluding carboxylic acids is 2. The lowest BCUT2D eigenvalue weighted by Gasteiger charge is -2.22. The maximum Gasteiger partial charge on any atom is 0.326 e. The van der Waals surface area contributed by atoms with Crippen LogP contribution in [0.3, 0.4) is 0 Å². The van der Waals surface area contributed by atoms with Crippen molar-refractivity contribution in [2.24, 2.45) is 17.4 Å². The van der Waals surface area contributed by atoms with Crippen molar-refractivity contribution in [1.29, 1.82) is 0 Å². The molecule has 0 saturated carbocycles. The second-order valence-electron chi connectivity index (χ2n) is 6.58. The van der Waals surface area contributed by atoms with E-state index in [1.165, 1.54) is 0 Å². The molecule has 0 aromatic heterocycles. The van der Waals surface area contributed by atoms with E-state index >= 15 is 0 Å². The Balaban J connectivity index is 4.97. The minimum absolute atomic E-state index is 0.140. The first-order valence-electron chi connectivity index (χ1n) is 8.59. The SMILES string of the molecule is CC(C)C[C@H](N)C(=O)N[C@@H](CC(=O)O)C(=O)N[C@@H](CCCCN)C(=O)O. The maximum absolute atomic E-state index is 12.3. The minimum Gasteiger partial charge on any atom is -0.481 e. The first-order chi connectivity index (χ1) is 12.1. The average Bonchev–Trinajstić information content (AvgIpc) is 2.51. The molecule has 0 spiro atoms. The van der Waals surface area contributed by atoms with Crippen molar-refractivity contribution in [1.82, 2.24) is 10.6 Å². The van der Waals surface area contributed by atoms with Gasteiger partial charge in [0, 0.05) is 0 Å². The molecule has 3 atom stereocenters. The maximum atomic E-state index is 12.3. The normalized spacial score (nSPS) is 14.3. The molecule has 2 amide bonds. The zero-order chi connectivity index (χ0) is 20.3. The van der Waals surface area contributed by atoms with Crippen molar-refractivity contribution in [2.45, 2.75) is 64.1 Å². The van der Waals surface area contributed by atoms with Gasteiger partial charge in [0.1, 0.15) is 12.1 Å². The van der Waals surface area contributed by atoms with E-state index in [1.807, 2.05) is 13.8 Å². The number of unbranched alkanes of at least 4 members (excludes halogenated alkanes) is 1. The summed E-state index contributed by atoms with van der Waals surface area (Å²) in [4.78, 5) is 46.6. The summed E-state index contributed by atoms with van der Waals surface area (Å²) in [6.45, 7) is 4.13. The molecule has 0 rings (SSSR count). The predicted octanol–water partition coefficient (Wildman–Crippen LogP) is -0.982. The molecule has 0 aromatic rings. The van der Waals surface area contributed by atoms with Gasteiger partial charge >= 0.3 is 11.9 Å². The molecule has 0 aliphatic heterocycles. The lowest BCUT2D eigenvalue weighted by atomic mass is 10.0. The number of amides is 2. The zero-order valence-corrected chi connectivity index (χ0v) is 15.2. The summed E-state index contributed by atoms with van der Waals surface area (Å²) in [6, 6.07) is -3.49. The Morgan fingerprint density at radius 3 is 2.00 bits per heavy atom. The lowest BCUT2D eigenvalue weighted by molar-refractivity contribution is -0.143. The minimum atomic E-state index is -1.41. The summed E-state index contributed by atoms with van der Waals surface area (Å²) in [5, 5.41) is 22.7. The first kappa shape index (κ1) is 23.8. The predicted molar refractivity (Wildman–Crippen MR) is 94.1 cm³/mol. The Morgan fingerprint density at radius 2 is 1.54 bits per heavy atom. The van der Waals surface area contributed by atoms with Crippen LogP contribution in [0, 0.1) is 5.92 Å². The number of carboxylic acid groups (broad SMARTS) is 2. The van der Waals surface area contributed by atoms with Crippen LogP contribution in [0.4, 0.5) is 0 Å². The number of hydrogen-bond acceptors (Lipinski definition) is 6. The first-order valence-corrected chi connectivity index (χ1v) is 8.59. The van der Waals surface area contributed by atoms with E-state index in [9.17, 15) is 24.3 Å². The van der Waals surface area contributed by atoms with Crippen molar-refractivity contribution >= 4 is 23.8 Å². The fraction of sp³-hybridized carbons (Fsp3) is 0.750. The Labute approximate surface area is 152 Å².